The van der Waals surface area contributed by atoms with Gasteiger partial charge in [0.2, 0.25) is 0 Å². The fourth-order valence-electron chi connectivity index (χ4n) is 2.48. The summed E-state index contributed by atoms with van der Waals surface area (Å²) in [7, 11) is 0. The van der Waals surface area contributed by atoms with E-state index in [9.17, 15) is 13.2 Å². The van der Waals surface area contributed by atoms with E-state index in [0.29, 0.717) is 18.0 Å². The van der Waals surface area contributed by atoms with Crippen LogP contribution in [-0.4, -0.2) is 5.16 Å². The average Bonchev–Trinajstić information content (AvgIpc) is 3.15. The van der Waals surface area contributed by atoms with E-state index in [1.165, 1.54) is 12.3 Å². The summed E-state index contributed by atoms with van der Waals surface area (Å²) in [5.74, 6) is 0.342. The molecule has 0 spiro atoms. The van der Waals surface area contributed by atoms with Gasteiger partial charge in [0.25, 0.3) is 0 Å². The molecule has 1 aliphatic carbocycles. The average molecular weight is 331 g/mol. The quantitative estimate of drug-likeness (QED) is 0.871. The fourth-order valence-corrected chi connectivity index (χ4v) is 2.71. The second-order valence-corrected chi connectivity index (χ2v) is 5.83. The molecule has 1 fully saturated rings. The van der Waals surface area contributed by atoms with Gasteiger partial charge in [0.05, 0.1) is 16.3 Å². The van der Waals surface area contributed by atoms with E-state index in [1.807, 2.05) is 0 Å². The monoisotopic (exact) mass is 330 g/mol. The summed E-state index contributed by atoms with van der Waals surface area (Å²) in [5, 5.41) is 6.78. The van der Waals surface area contributed by atoms with Gasteiger partial charge in [-0.05, 0) is 36.5 Å². The first-order valence-electron chi connectivity index (χ1n) is 6.94. The Kier molecular flexibility index (Phi) is 4.14. The van der Waals surface area contributed by atoms with E-state index in [2.05, 4.69) is 10.5 Å². The van der Waals surface area contributed by atoms with Crippen molar-refractivity contribution < 1.29 is 17.7 Å². The van der Waals surface area contributed by atoms with E-state index in [0.717, 1.165) is 24.6 Å². The van der Waals surface area contributed by atoms with Crippen LogP contribution in [0, 0.1) is 5.92 Å². The van der Waals surface area contributed by atoms with Crippen molar-refractivity contribution in [2.45, 2.75) is 31.6 Å². The van der Waals surface area contributed by atoms with Crippen LogP contribution < -0.4 is 5.32 Å². The molecule has 0 amide bonds. The van der Waals surface area contributed by atoms with Crippen LogP contribution in [0.1, 0.15) is 35.7 Å². The third kappa shape index (κ3) is 3.44. The molecular formula is C15H14ClF3N2O. The van der Waals surface area contributed by atoms with E-state index >= 15 is 0 Å². The Morgan fingerprint density at radius 3 is 2.68 bits per heavy atom. The zero-order valence-electron chi connectivity index (χ0n) is 11.5. The number of nitrogens with zero attached hydrogens (tertiary/aromatic N) is 1. The summed E-state index contributed by atoms with van der Waals surface area (Å²) in [5.41, 5.74) is 0.527. The number of benzene rings is 1. The van der Waals surface area contributed by atoms with Crippen LogP contribution in [0.25, 0.3) is 0 Å². The summed E-state index contributed by atoms with van der Waals surface area (Å²) < 4.78 is 43.7. The number of hydrogen-bond donors (Lipinski definition) is 1. The second kappa shape index (κ2) is 5.93. The van der Waals surface area contributed by atoms with Crippen LogP contribution in [0.2, 0.25) is 5.02 Å². The first-order valence-corrected chi connectivity index (χ1v) is 7.32. The lowest BCUT2D eigenvalue weighted by molar-refractivity contribution is -0.137. The molecule has 1 heterocycles. The van der Waals surface area contributed by atoms with Gasteiger partial charge in [0.15, 0.2) is 0 Å². The molecule has 3 nitrogen and oxygen atoms in total. The maximum absolute atomic E-state index is 13.0. The van der Waals surface area contributed by atoms with Gasteiger partial charge in [-0.25, -0.2) is 0 Å². The Labute approximate surface area is 130 Å². The van der Waals surface area contributed by atoms with Crippen LogP contribution in [0.4, 0.5) is 13.2 Å². The zero-order valence-corrected chi connectivity index (χ0v) is 12.3. The van der Waals surface area contributed by atoms with Crippen molar-refractivity contribution in [2.24, 2.45) is 5.92 Å². The number of alkyl halides is 3. The standard InChI is InChI=1S/C15H14ClF3N2O/c16-13-4-3-10(7-12(13)15(17,18)19)14(9-1-2-9)20-8-11-5-6-22-21-11/h3-7,9,14,20H,1-2,8H2. The van der Waals surface area contributed by atoms with Crippen molar-refractivity contribution in [2.75, 3.05) is 0 Å². The first kappa shape index (κ1) is 15.4. The van der Waals surface area contributed by atoms with Gasteiger partial charge in [-0.15, -0.1) is 0 Å². The lowest BCUT2D eigenvalue weighted by Gasteiger charge is -2.20. The number of nitrogens with one attached hydrogen (secondary N) is 1. The molecule has 1 saturated carbocycles. The first-order chi connectivity index (χ1) is 10.4. The lowest BCUT2D eigenvalue weighted by Crippen LogP contribution is -2.23. The number of halogens is 4. The van der Waals surface area contributed by atoms with E-state index in [-0.39, 0.29) is 11.1 Å². The molecule has 0 radical (unpaired) electrons. The number of aromatic nitrogens is 1. The van der Waals surface area contributed by atoms with Crippen LogP contribution in [0.5, 0.6) is 0 Å². The van der Waals surface area contributed by atoms with Gasteiger partial charge >= 0.3 is 6.18 Å². The zero-order chi connectivity index (χ0) is 15.7. The summed E-state index contributed by atoms with van der Waals surface area (Å²) >= 11 is 5.68. The Bertz CT molecular complexity index is 639. The highest BCUT2D eigenvalue weighted by Crippen LogP contribution is 2.43. The minimum Gasteiger partial charge on any atom is -0.364 e. The Hall–Kier alpha value is -1.53. The molecule has 1 atom stereocenters. The highest BCUT2D eigenvalue weighted by molar-refractivity contribution is 6.31. The lowest BCUT2D eigenvalue weighted by atomic mass is 9.99. The van der Waals surface area contributed by atoms with Crippen molar-refractivity contribution in [1.82, 2.24) is 10.5 Å². The predicted molar refractivity (Wildman–Crippen MR) is 75.3 cm³/mol. The van der Waals surface area contributed by atoms with Crippen LogP contribution in [-0.2, 0) is 12.7 Å². The topological polar surface area (TPSA) is 38.1 Å². The van der Waals surface area contributed by atoms with Gasteiger partial charge in [-0.1, -0.05) is 22.8 Å². The molecule has 0 aliphatic heterocycles. The predicted octanol–water partition coefficient (Wildman–Crippen LogP) is 4.59. The molecule has 118 valence electrons. The molecule has 1 aromatic carbocycles. The maximum Gasteiger partial charge on any atom is 0.417 e. The Morgan fingerprint density at radius 1 is 1.32 bits per heavy atom. The molecule has 0 saturated heterocycles. The minimum absolute atomic E-state index is 0.143. The number of hydrogen-bond acceptors (Lipinski definition) is 3. The summed E-state index contributed by atoms with van der Waals surface area (Å²) in [6.07, 6.45) is -0.985. The van der Waals surface area contributed by atoms with E-state index in [4.69, 9.17) is 16.1 Å². The third-order valence-electron chi connectivity index (χ3n) is 3.74. The van der Waals surface area contributed by atoms with Crippen molar-refractivity contribution in [1.29, 1.82) is 0 Å². The third-order valence-corrected chi connectivity index (χ3v) is 4.07. The largest absolute Gasteiger partial charge is 0.417 e. The number of rotatable bonds is 5. The van der Waals surface area contributed by atoms with Crippen molar-refractivity contribution in [3.8, 4) is 0 Å². The highest BCUT2D eigenvalue weighted by Gasteiger charge is 2.36. The Morgan fingerprint density at radius 2 is 2.09 bits per heavy atom. The molecule has 1 aliphatic rings. The van der Waals surface area contributed by atoms with Crippen LogP contribution in [0.3, 0.4) is 0 Å². The Balaban J connectivity index is 1.82. The molecule has 1 aromatic heterocycles. The summed E-state index contributed by atoms with van der Waals surface area (Å²) in [6.45, 7) is 0.446. The molecule has 7 heteroatoms. The SMILES string of the molecule is FC(F)(F)c1cc(C(NCc2ccon2)C2CC2)ccc1Cl. The summed E-state index contributed by atoms with van der Waals surface area (Å²) in [4.78, 5) is 0. The highest BCUT2D eigenvalue weighted by atomic mass is 35.5. The van der Waals surface area contributed by atoms with Gasteiger partial charge in [-0.2, -0.15) is 13.2 Å². The van der Waals surface area contributed by atoms with Gasteiger partial charge in [0, 0.05) is 18.7 Å². The van der Waals surface area contributed by atoms with Crippen molar-refractivity contribution >= 4 is 11.6 Å². The molecular weight excluding hydrogens is 317 g/mol. The molecule has 2 aromatic rings. The van der Waals surface area contributed by atoms with Gasteiger partial charge < -0.3 is 9.84 Å². The fraction of sp³-hybridized carbons (Fsp3) is 0.400. The molecule has 1 unspecified atom stereocenters. The van der Waals surface area contributed by atoms with Crippen LogP contribution >= 0.6 is 11.6 Å². The molecule has 3 rings (SSSR count). The van der Waals surface area contributed by atoms with Crippen molar-refractivity contribution in [3.63, 3.8) is 0 Å². The van der Waals surface area contributed by atoms with E-state index in [1.54, 1.807) is 12.1 Å². The van der Waals surface area contributed by atoms with Gasteiger partial charge in [0.1, 0.15) is 6.26 Å². The minimum atomic E-state index is -4.45. The maximum atomic E-state index is 13.0. The smallest absolute Gasteiger partial charge is 0.364 e. The normalized spacial score (nSPS) is 16.7. The van der Waals surface area contributed by atoms with Crippen molar-refractivity contribution in [3.05, 3.63) is 52.4 Å². The summed E-state index contributed by atoms with van der Waals surface area (Å²) in [6, 6.07) is 5.68. The van der Waals surface area contributed by atoms with Crippen LogP contribution in [0.15, 0.2) is 35.1 Å². The van der Waals surface area contributed by atoms with Gasteiger partial charge in [-0.3, -0.25) is 0 Å². The second-order valence-electron chi connectivity index (χ2n) is 5.42. The molecule has 1 N–H and O–H groups in total. The molecule has 0 bridgehead atoms. The van der Waals surface area contributed by atoms with E-state index < -0.39 is 11.7 Å². The molecule has 22 heavy (non-hydrogen) atoms.